The molecule has 0 radical (unpaired) electrons. The molecule has 1 aliphatic rings. The molecule has 1 N–H and O–H groups in total. The number of carbonyl (C=O) groups is 1. The highest BCUT2D eigenvalue weighted by atomic mass is 35.5. The van der Waals surface area contributed by atoms with Crippen LogP contribution in [0.1, 0.15) is 50.8 Å². The zero-order valence-electron chi connectivity index (χ0n) is 21.4. The van der Waals surface area contributed by atoms with Crippen molar-refractivity contribution in [2.75, 3.05) is 25.6 Å². The highest BCUT2D eigenvalue weighted by molar-refractivity contribution is 7.98. The van der Waals surface area contributed by atoms with Crippen LogP contribution in [-0.2, 0) is 15.3 Å². The van der Waals surface area contributed by atoms with Crippen molar-refractivity contribution in [2.24, 2.45) is 0 Å². The summed E-state index contributed by atoms with van der Waals surface area (Å²) >= 11 is 7.81. The molecular formula is C27H31ClN4O4S. The zero-order chi connectivity index (χ0) is 26.4. The average Bonchev–Trinajstić information content (AvgIpc) is 3.30. The van der Waals surface area contributed by atoms with Gasteiger partial charge in [0.1, 0.15) is 6.04 Å². The van der Waals surface area contributed by atoms with E-state index in [1.165, 1.54) is 11.8 Å². The Labute approximate surface area is 226 Å². The van der Waals surface area contributed by atoms with Gasteiger partial charge in [0.2, 0.25) is 11.1 Å². The van der Waals surface area contributed by atoms with E-state index in [0.29, 0.717) is 57.9 Å². The van der Waals surface area contributed by atoms with Crippen LogP contribution in [0.15, 0.2) is 58.9 Å². The van der Waals surface area contributed by atoms with Crippen LogP contribution in [0.4, 0.5) is 5.95 Å². The number of hydrogen-bond donors (Lipinski definition) is 1. The summed E-state index contributed by atoms with van der Waals surface area (Å²) in [6.45, 7) is 6.65. The molecule has 2 aromatic carbocycles. The van der Waals surface area contributed by atoms with E-state index in [-0.39, 0.29) is 5.97 Å². The van der Waals surface area contributed by atoms with Gasteiger partial charge in [0.05, 0.1) is 25.9 Å². The van der Waals surface area contributed by atoms with Crippen molar-refractivity contribution in [1.82, 2.24) is 14.8 Å². The fraction of sp³-hybridized carbons (Fsp3) is 0.370. The molecule has 0 bridgehead atoms. The van der Waals surface area contributed by atoms with Gasteiger partial charge in [-0.2, -0.15) is 4.98 Å². The Balaban J connectivity index is 1.72. The third-order valence-electron chi connectivity index (χ3n) is 5.90. The number of unbranched alkanes of at least 4 members (excludes halogenated alkanes) is 1. The van der Waals surface area contributed by atoms with Crippen LogP contribution in [0, 0.1) is 0 Å². The Morgan fingerprint density at radius 1 is 1.19 bits per heavy atom. The number of allylic oxidation sites excluding steroid dienone is 1. The number of nitrogens with one attached hydrogen (secondary N) is 1. The predicted octanol–water partition coefficient (Wildman–Crippen LogP) is 6.26. The molecule has 2 heterocycles. The molecule has 1 atom stereocenters. The van der Waals surface area contributed by atoms with Crippen molar-refractivity contribution in [2.45, 2.75) is 50.6 Å². The van der Waals surface area contributed by atoms with Crippen LogP contribution in [-0.4, -0.2) is 41.1 Å². The molecule has 0 saturated heterocycles. The van der Waals surface area contributed by atoms with Crippen molar-refractivity contribution < 1.29 is 19.0 Å². The number of carbonyl (C=O) groups excluding carboxylic acids is 1. The van der Waals surface area contributed by atoms with Gasteiger partial charge in [-0.1, -0.05) is 61.0 Å². The lowest BCUT2D eigenvalue weighted by Gasteiger charge is -2.28. The van der Waals surface area contributed by atoms with Crippen LogP contribution in [0.2, 0.25) is 5.02 Å². The standard InChI is InChI=1S/C27H31ClN4O4S/c1-5-7-14-36-25(33)23-17(3)29-26-30-27(37-16-19-10-8-9-11-20(19)28)31-32(26)24(23)18-12-13-21(34-4)22(15-18)35-6-2/h8-13,15,24H,5-7,14,16H2,1-4H3,(H,29,30,31). The Morgan fingerprint density at radius 2 is 2.00 bits per heavy atom. The van der Waals surface area contributed by atoms with Gasteiger partial charge in [0.25, 0.3) is 0 Å². The summed E-state index contributed by atoms with van der Waals surface area (Å²) in [5.74, 6) is 1.98. The van der Waals surface area contributed by atoms with Crippen LogP contribution in [0.3, 0.4) is 0 Å². The first kappa shape index (κ1) is 26.9. The first-order valence-electron chi connectivity index (χ1n) is 12.2. The molecule has 0 amide bonds. The number of hydrogen-bond acceptors (Lipinski definition) is 8. The Kier molecular flexibility index (Phi) is 9.00. The number of ether oxygens (including phenoxy) is 3. The fourth-order valence-electron chi connectivity index (χ4n) is 4.04. The average molecular weight is 543 g/mol. The Morgan fingerprint density at radius 3 is 2.73 bits per heavy atom. The second-order valence-electron chi connectivity index (χ2n) is 8.44. The minimum absolute atomic E-state index is 0.356. The zero-order valence-corrected chi connectivity index (χ0v) is 23.0. The van der Waals surface area contributed by atoms with Gasteiger partial charge in [-0.3, -0.25) is 0 Å². The topological polar surface area (TPSA) is 87.5 Å². The SMILES string of the molecule is CCCCOC(=O)C1=C(C)Nc2nc(SCc3ccccc3Cl)nn2C1c1ccc(OC)c(OCC)c1. The fourth-order valence-corrected chi connectivity index (χ4v) is 5.16. The van der Waals surface area contributed by atoms with E-state index in [4.69, 9.17) is 35.9 Å². The van der Waals surface area contributed by atoms with Crippen molar-refractivity contribution >= 4 is 35.3 Å². The molecule has 3 aromatic rings. The van der Waals surface area contributed by atoms with Gasteiger partial charge in [-0.25, -0.2) is 9.48 Å². The molecule has 8 nitrogen and oxygen atoms in total. The number of fused-ring (bicyclic) bond motifs is 1. The van der Waals surface area contributed by atoms with Gasteiger partial charge in [-0.05, 0) is 49.6 Å². The number of thioether (sulfide) groups is 1. The van der Waals surface area contributed by atoms with Crippen molar-refractivity contribution in [3.63, 3.8) is 0 Å². The molecule has 37 heavy (non-hydrogen) atoms. The van der Waals surface area contributed by atoms with Gasteiger partial charge < -0.3 is 19.5 Å². The van der Waals surface area contributed by atoms with E-state index in [2.05, 4.69) is 12.2 Å². The molecule has 0 spiro atoms. The molecular weight excluding hydrogens is 512 g/mol. The third kappa shape index (κ3) is 6.05. The molecule has 0 fully saturated rings. The van der Waals surface area contributed by atoms with Gasteiger partial charge in [0, 0.05) is 16.5 Å². The maximum absolute atomic E-state index is 13.3. The smallest absolute Gasteiger partial charge is 0.338 e. The van der Waals surface area contributed by atoms with Gasteiger partial charge in [-0.15, -0.1) is 5.10 Å². The van der Waals surface area contributed by atoms with Crippen molar-refractivity contribution in [1.29, 1.82) is 0 Å². The number of rotatable bonds is 11. The quantitative estimate of drug-likeness (QED) is 0.172. The van der Waals surface area contributed by atoms with Crippen LogP contribution in [0.5, 0.6) is 11.5 Å². The predicted molar refractivity (Wildman–Crippen MR) is 146 cm³/mol. The number of anilines is 1. The van der Waals surface area contributed by atoms with Crippen LogP contribution in [0.25, 0.3) is 0 Å². The maximum atomic E-state index is 13.3. The number of nitrogens with zero attached hydrogens (tertiary/aromatic N) is 3. The first-order valence-corrected chi connectivity index (χ1v) is 13.6. The first-order chi connectivity index (χ1) is 18.0. The summed E-state index contributed by atoms with van der Waals surface area (Å²) in [4.78, 5) is 18.0. The van der Waals surface area contributed by atoms with E-state index < -0.39 is 6.04 Å². The largest absolute Gasteiger partial charge is 0.493 e. The highest BCUT2D eigenvalue weighted by Crippen LogP contribution is 2.40. The molecule has 10 heteroatoms. The molecule has 1 unspecified atom stereocenters. The number of halogens is 1. The summed E-state index contributed by atoms with van der Waals surface area (Å²) in [6.07, 6.45) is 1.73. The molecule has 4 rings (SSSR count). The van der Waals surface area contributed by atoms with Gasteiger partial charge in [0.15, 0.2) is 11.5 Å². The number of benzene rings is 2. The summed E-state index contributed by atoms with van der Waals surface area (Å²) in [5, 5.41) is 9.30. The van der Waals surface area contributed by atoms with E-state index in [1.807, 2.05) is 56.3 Å². The molecule has 196 valence electrons. The number of methoxy groups -OCH3 is 1. The van der Waals surface area contributed by atoms with Gasteiger partial charge >= 0.3 is 5.97 Å². The second kappa shape index (κ2) is 12.4. The summed E-state index contributed by atoms with van der Waals surface area (Å²) in [5.41, 5.74) is 2.95. The van der Waals surface area contributed by atoms with E-state index in [0.717, 1.165) is 24.0 Å². The van der Waals surface area contributed by atoms with E-state index >= 15 is 0 Å². The Bertz CT molecular complexity index is 1290. The maximum Gasteiger partial charge on any atom is 0.338 e. The number of esters is 1. The highest BCUT2D eigenvalue weighted by Gasteiger charge is 2.35. The van der Waals surface area contributed by atoms with Crippen LogP contribution < -0.4 is 14.8 Å². The summed E-state index contributed by atoms with van der Waals surface area (Å²) in [7, 11) is 1.60. The second-order valence-corrected chi connectivity index (χ2v) is 9.79. The van der Waals surface area contributed by atoms with E-state index in [9.17, 15) is 4.79 Å². The lowest BCUT2D eigenvalue weighted by Crippen LogP contribution is -2.30. The normalized spacial score (nSPS) is 14.7. The minimum Gasteiger partial charge on any atom is -0.493 e. The molecule has 0 aliphatic carbocycles. The molecule has 0 saturated carbocycles. The summed E-state index contributed by atoms with van der Waals surface area (Å²) in [6, 6.07) is 12.8. The lowest BCUT2D eigenvalue weighted by molar-refractivity contribution is -0.139. The number of aromatic nitrogens is 3. The van der Waals surface area contributed by atoms with Crippen molar-refractivity contribution in [3.05, 3.63) is 69.9 Å². The molecule has 1 aliphatic heterocycles. The van der Waals surface area contributed by atoms with Crippen molar-refractivity contribution in [3.8, 4) is 11.5 Å². The minimum atomic E-state index is -0.558. The Hall–Kier alpha value is -3.17. The van der Waals surface area contributed by atoms with E-state index in [1.54, 1.807) is 11.8 Å². The van der Waals surface area contributed by atoms with Crippen LogP contribution >= 0.6 is 23.4 Å². The third-order valence-corrected chi connectivity index (χ3v) is 7.16. The monoisotopic (exact) mass is 542 g/mol. The lowest BCUT2D eigenvalue weighted by atomic mass is 9.95. The molecule has 1 aromatic heterocycles. The summed E-state index contributed by atoms with van der Waals surface area (Å²) < 4.78 is 18.7.